The number of aliphatic carboxylic acids is 1. The van der Waals surface area contributed by atoms with E-state index in [0.717, 1.165) is 44.9 Å². The molecule has 2 rings (SSSR count). The standard InChI is InChI=1S/C20H28FNO3/c1-2-3-4-5-8-13-20(14-9-10-15-20)25-22-18(19(23)24)16-11-6-7-12-17(16)21/h6-7,11-12H,2-5,8-10,13-15H2,1H3,(H,23,24)/b22-18-. The van der Waals surface area contributed by atoms with Gasteiger partial charge in [0.05, 0.1) is 0 Å². The highest BCUT2D eigenvalue weighted by molar-refractivity contribution is 6.42. The summed E-state index contributed by atoms with van der Waals surface area (Å²) < 4.78 is 13.9. The molecule has 0 aromatic heterocycles. The van der Waals surface area contributed by atoms with Gasteiger partial charge in [-0.2, -0.15) is 0 Å². The maximum absolute atomic E-state index is 13.9. The number of carboxylic acids is 1. The molecule has 0 heterocycles. The number of benzene rings is 1. The third-order valence-electron chi connectivity index (χ3n) is 4.91. The van der Waals surface area contributed by atoms with Crippen molar-refractivity contribution in [1.82, 2.24) is 0 Å². The Labute approximate surface area is 149 Å². The zero-order valence-electron chi connectivity index (χ0n) is 15.0. The molecule has 1 saturated carbocycles. The normalized spacial score (nSPS) is 16.8. The number of oxime groups is 1. The van der Waals surface area contributed by atoms with Crippen molar-refractivity contribution in [3.63, 3.8) is 0 Å². The van der Waals surface area contributed by atoms with Crippen LogP contribution in [0.3, 0.4) is 0 Å². The van der Waals surface area contributed by atoms with Gasteiger partial charge < -0.3 is 9.94 Å². The van der Waals surface area contributed by atoms with E-state index < -0.39 is 17.4 Å². The number of rotatable bonds is 10. The van der Waals surface area contributed by atoms with E-state index >= 15 is 0 Å². The number of hydrogen-bond acceptors (Lipinski definition) is 3. The smallest absolute Gasteiger partial charge is 0.358 e. The molecule has 1 fully saturated rings. The first-order valence-corrected chi connectivity index (χ1v) is 9.32. The Hall–Kier alpha value is -1.91. The summed E-state index contributed by atoms with van der Waals surface area (Å²) in [5, 5.41) is 13.3. The number of unbranched alkanes of at least 4 members (excludes halogenated alkanes) is 4. The van der Waals surface area contributed by atoms with Crippen LogP contribution in [0.15, 0.2) is 29.4 Å². The van der Waals surface area contributed by atoms with Crippen molar-refractivity contribution in [3.8, 4) is 0 Å². The molecule has 0 atom stereocenters. The van der Waals surface area contributed by atoms with Crippen molar-refractivity contribution in [2.75, 3.05) is 0 Å². The minimum atomic E-state index is -1.28. The van der Waals surface area contributed by atoms with E-state index in [4.69, 9.17) is 4.84 Å². The zero-order chi connectivity index (χ0) is 18.1. The summed E-state index contributed by atoms with van der Waals surface area (Å²) in [6, 6.07) is 5.76. The van der Waals surface area contributed by atoms with E-state index in [2.05, 4.69) is 12.1 Å². The monoisotopic (exact) mass is 349 g/mol. The number of carboxylic acid groups (broad SMARTS) is 1. The topological polar surface area (TPSA) is 58.9 Å². The summed E-state index contributed by atoms with van der Waals surface area (Å²) in [6.45, 7) is 2.19. The fourth-order valence-electron chi connectivity index (χ4n) is 3.46. The molecule has 138 valence electrons. The van der Waals surface area contributed by atoms with Gasteiger partial charge in [-0.1, -0.05) is 49.9 Å². The van der Waals surface area contributed by atoms with Crippen LogP contribution in [-0.4, -0.2) is 22.4 Å². The number of hydrogen-bond donors (Lipinski definition) is 1. The van der Waals surface area contributed by atoms with E-state index in [-0.39, 0.29) is 11.3 Å². The molecule has 0 amide bonds. The van der Waals surface area contributed by atoms with Crippen molar-refractivity contribution in [2.45, 2.75) is 76.7 Å². The van der Waals surface area contributed by atoms with E-state index in [1.54, 1.807) is 6.07 Å². The van der Waals surface area contributed by atoms with Crippen molar-refractivity contribution in [2.24, 2.45) is 5.16 Å². The molecule has 0 radical (unpaired) electrons. The highest BCUT2D eigenvalue weighted by atomic mass is 19.1. The Morgan fingerprint density at radius 2 is 1.88 bits per heavy atom. The molecule has 0 aliphatic heterocycles. The summed E-state index contributed by atoms with van der Waals surface area (Å²) in [6.07, 6.45) is 10.6. The molecular weight excluding hydrogens is 321 g/mol. The van der Waals surface area contributed by atoms with Gasteiger partial charge in [-0.3, -0.25) is 0 Å². The quantitative estimate of drug-likeness (QED) is 0.354. The summed E-state index contributed by atoms with van der Waals surface area (Å²) in [7, 11) is 0. The van der Waals surface area contributed by atoms with Gasteiger partial charge in [0.1, 0.15) is 11.4 Å². The van der Waals surface area contributed by atoms with Crippen LogP contribution < -0.4 is 0 Å². The third-order valence-corrected chi connectivity index (χ3v) is 4.91. The lowest BCUT2D eigenvalue weighted by Gasteiger charge is -2.26. The minimum Gasteiger partial charge on any atom is -0.476 e. The van der Waals surface area contributed by atoms with Crippen LogP contribution in [0.25, 0.3) is 0 Å². The molecule has 25 heavy (non-hydrogen) atoms. The lowest BCUT2D eigenvalue weighted by Crippen LogP contribution is -2.28. The van der Waals surface area contributed by atoms with E-state index in [1.165, 1.54) is 37.5 Å². The molecule has 1 aliphatic rings. The largest absolute Gasteiger partial charge is 0.476 e. The van der Waals surface area contributed by atoms with Crippen molar-refractivity contribution in [3.05, 3.63) is 35.6 Å². The van der Waals surface area contributed by atoms with Gasteiger partial charge in [-0.25, -0.2) is 9.18 Å². The Kier molecular flexibility index (Phi) is 7.41. The molecule has 1 N–H and O–H groups in total. The van der Waals surface area contributed by atoms with Gasteiger partial charge in [-0.15, -0.1) is 0 Å². The lowest BCUT2D eigenvalue weighted by molar-refractivity contribution is -0.129. The molecule has 1 aromatic rings. The van der Waals surface area contributed by atoms with Gasteiger partial charge in [-0.05, 0) is 50.7 Å². The molecule has 4 nitrogen and oxygen atoms in total. The fraction of sp³-hybridized carbons (Fsp3) is 0.600. The van der Waals surface area contributed by atoms with Crippen molar-refractivity contribution >= 4 is 11.7 Å². The molecule has 0 saturated heterocycles. The molecule has 0 spiro atoms. The Morgan fingerprint density at radius 1 is 1.20 bits per heavy atom. The van der Waals surface area contributed by atoms with Crippen LogP contribution in [0.4, 0.5) is 4.39 Å². The molecule has 0 unspecified atom stereocenters. The van der Waals surface area contributed by atoms with E-state index in [1.807, 2.05) is 0 Å². The molecule has 1 aliphatic carbocycles. The first-order valence-electron chi connectivity index (χ1n) is 9.32. The average Bonchev–Trinajstić information content (AvgIpc) is 3.05. The second-order valence-corrected chi connectivity index (χ2v) is 6.87. The first-order chi connectivity index (χ1) is 12.1. The predicted octanol–water partition coefficient (Wildman–Crippen LogP) is 5.30. The number of nitrogens with zero attached hydrogens (tertiary/aromatic N) is 1. The Bertz CT molecular complexity index is 594. The Morgan fingerprint density at radius 3 is 2.52 bits per heavy atom. The van der Waals surface area contributed by atoms with Crippen molar-refractivity contribution < 1.29 is 19.1 Å². The molecular formula is C20H28FNO3. The summed E-state index contributed by atoms with van der Waals surface area (Å²) in [5.41, 5.74) is -0.792. The lowest BCUT2D eigenvalue weighted by atomic mass is 9.94. The minimum absolute atomic E-state index is 0.0360. The second-order valence-electron chi connectivity index (χ2n) is 6.87. The predicted molar refractivity (Wildman–Crippen MR) is 96.2 cm³/mol. The van der Waals surface area contributed by atoms with Gasteiger partial charge in [0.25, 0.3) is 0 Å². The van der Waals surface area contributed by atoms with Crippen LogP contribution in [0.5, 0.6) is 0 Å². The summed E-state index contributed by atoms with van der Waals surface area (Å²) in [4.78, 5) is 17.3. The van der Waals surface area contributed by atoms with Crippen LogP contribution in [0.1, 0.15) is 76.7 Å². The summed E-state index contributed by atoms with van der Waals surface area (Å²) in [5.74, 6) is -1.88. The van der Waals surface area contributed by atoms with Gasteiger partial charge >= 0.3 is 5.97 Å². The maximum Gasteiger partial charge on any atom is 0.358 e. The van der Waals surface area contributed by atoms with Crippen LogP contribution in [0, 0.1) is 5.82 Å². The van der Waals surface area contributed by atoms with Gasteiger partial charge in [0.15, 0.2) is 5.71 Å². The maximum atomic E-state index is 13.9. The fourth-order valence-corrected chi connectivity index (χ4v) is 3.46. The molecule has 0 bridgehead atoms. The van der Waals surface area contributed by atoms with Gasteiger partial charge in [0, 0.05) is 5.56 Å². The third kappa shape index (κ3) is 5.55. The molecule has 5 heteroatoms. The SMILES string of the molecule is CCCCCCCC1(O/N=C(\C(=O)O)c2ccccc2F)CCCC1. The number of halogens is 1. The summed E-state index contributed by atoms with van der Waals surface area (Å²) >= 11 is 0. The van der Waals surface area contributed by atoms with Crippen LogP contribution in [0.2, 0.25) is 0 Å². The van der Waals surface area contributed by atoms with E-state index in [9.17, 15) is 14.3 Å². The number of carbonyl (C=O) groups is 1. The van der Waals surface area contributed by atoms with Crippen molar-refractivity contribution in [1.29, 1.82) is 0 Å². The highest BCUT2D eigenvalue weighted by Crippen LogP contribution is 2.38. The average molecular weight is 349 g/mol. The first kappa shape index (κ1) is 19.4. The second kappa shape index (κ2) is 9.54. The Balaban J connectivity index is 2.07. The molecule has 1 aromatic carbocycles. The van der Waals surface area contributed by atoms with Crippen LogP contribution >= 0.6 is 0 Å². The zero-order valence-corrected chi connectivity index (χ0v) is 15.0. The highest BCUT2D eigenvalue weighted by Gasteiger charge is 2.36. The van der Waals surface area contributed by atoms with E-state index in [0.29, 0.717) is 0 Å². The van der Waals surface area contributed by atoms with Crippen LogP contribution in [-0.2, 0) is 9.63 Å². The van der Waals surface area contributed by atoms with Gasteiger partial charge in [0.2, 0.25) is 0 Å².